The number of anilines is 1. The third-order valence-electron chi connectivity index (χ3n) is 7.11. The van der Waals surface area contributed by atoms with E-state index in [4.69, 9.17) is 23.2 Å². The molecule has 3 heterocycles. The summed E-state index contributed by atoms with van der Waals surface area (Å²) in [6.07, 6.45) is 2.68. The first-order chi connectivity index (χ1) is 17.9. The SMILES string of the molecule is C=C(c1ccc(C(=O)NC2CCN(Cc3ccc(Cl)cc3)C2)nc1)N1CCN(c2ccc(Cl)cc2)CC1. The Hall–Kier alpha value is -3.06. The van der Waals surface area contributed by atoms with Gasteiger partial charge in [-0.3, -0.25) is 14.7 Å². The van der Waals surface area contributed by atoms with Crippen LogP contribution in [0.25, 0.3) is 5.70 Å². The number of halogens is 2. The Bertz CT molecular complexity index is 1220. The number of likely N-dealkylation sites (tertiary alicyclic amines) is 1. The van der Waals surface area contributed by atoms with Gasteiger partial charge >= 0.3 is 0 Å². The van der Waals surface area contributed by atoms with E-state index in [0.29, 0.717) is 5.69 Å². The number of nitrogens with zero attached hydrogens (tertiary/aromatic N) is 4. The minimum Gasteiger partial charge on any atom is -0.368 e. The number of aromatic nitrogens is 1. The van der Waals surface area contributed by atoms with Crippen LogP contribution in [-0.2, 0) is 6.54 Å². The summed E-state index contributed by atoms with van der Waals surface area (Å²) in [5.41, 5.74) is 4.71. The third kappa shape index (κ3) is 6.45. The predicted molar refractivity (Wildman–Crippen MR) is 151 cm³/mol. The lowest BCUT2D eigenvalue weighted by Crippen LogP contribution is -2.45. The zero-order valence-corrected chi connectivity index (χ0v) is 22.3. The molecule has 0 saturated carbocycles. The third-order valence-corrected chi connectivity index (χ3v) is 7.61. The number of amides is 1. The van der Waals surface area contributed by atoms with E-state index in [1.807, 2.05) is 42.5 Å². The van der Waals surface area contributed by atoms with Gasteiger partial charge in [0.15, 0.2) is 0 Å². The highest BCUT2D eigenvalue weighted by Crippen LogP contribution is 2.23. The second-order valence-corrected chi connectivity index (χ2v) is 10.5. The number of hydrogen-bond acceptors (Lipinski definition) is 5. The van der Waals surface area contributed by atoms with Gasteiger partial charge in [0.1, 0.15) is 5.69 Å². The van der Waals surface area contributed by atoms with Crippen molar-refractivity contribution in [1.82, 2.24) is 20.1 Å². The molecule has 8 heteroatoms. The van der Waals surface area contributed by atoms with Crippen LogP contribution in [0.2, 0.25) is 10.0 Å². The maximum atomic E-state index is 12.8. The van der Waals surface area contributed by atoms with Crippen molar-refractivity contribution >= 4 is 40.5 Å². The number of nitrogens with one attached hydrogen (secondary N) is 1. The van der Waals surface area contributed by atoms with E-state index in [0.717, 1.165) is 73.5 Å². The molecule has 1 amide bonds. The fraction of sp³-hybridized carbons (Fsp3) is 0.310. The van der Waals surface area contributed by atoms with Crippen molar-refractivity contribution < 1.29 is 4.79 Å². The molecular weight excluding hydrogens is 505 g/mol. The fourth-order valence-electron chi connectivity index (χ4n) is 4.97. The van der Waals surface area contributed by atoms with E-state index < -0.39 is 0 Å². The van der Waals surface area contributed by atoms with Gasteiger partial charge in [0.05, 0.1) is 0 Å². The molecular formula is C29H31Cl2N5O. The van der Waals surface area contributed by atoms with Gasteiger partial charge in [-0.1, -0.05) is 41.9 Å². The molecule has 37 heavy (non-hydrogen) atoms. The highest BCUT2D eigenvalue weighted by Gasteiger charge is 2.25. The van der Waals surface area contributed by atoms with Crippen molar-refractivity contribution in [2.75, 3.05) is 44.2 Å². The number of carbonyl (C=O) groups is 1. The molecule has 0 radical (unpaired) electrons. The second kappa shape index (κ2) is 11.5. The molecule has 3 aromatic rings. The molecule has 6 nitrogen and oxygen atoms in total. The van der Waals surface area contributed by atoms with Crippen LogP contribution in [0.5, 0.6) is 0 Å². The van der Waals surface area contributed by atoms with Crippen LogP contribution in [-0.4, -0.2) is 66.0 Å². The van der Waals surface area contributed by atoms with E-state index in [9.17, 15) is 4.79 Å². The molecule has 1 atom stereocenters. The van der Waals surface area contributed by atoms with Crippen molar-refractivity contribution in [1.29, 1.82) is 0 Å². The quantitative estimate of drug-likeness (QED) is 0.451. The second-order valence-electron chi connectivity index (χ2n) is 9.65. The maximum Gasteiger partial charge on any atom is 0.270 e. The molecule has 2 saturated heterocycles. The number of carbonyl (C=O) groups excluding carboxylic acids is 1. The summed E-state index contributed by atoms with van der Waals surface area (Å²) in [7, 11) is 0. The molecule has 1 N–H and O–H groups in total. The molecule has 192 valence electrons. The van der Waals surface area contributed by atoms with Crippen molar-refractivity contribution in [2.45, 2.75) is 19.0 Å². The molecule has 5 rings (SSSR count). The summed E-state index contributed by atoms with van der Waals surface area (Å²) in [4.78, 5) is 24.3. The summed E-state index contributed by atoms with van der Waals surface area (Å²) in [6.45, 7) is 10.5. The number of hydrogen-bond donors (Lipinski definition) is 1. The Labute approximate surface area is 228 Å². The van der Waals surface area contributed by atoms with Gasteiger partial charge < -0.3 is 15.1 Å². The molecule has 0 spiro atoms. The van der Waals surface area contributed by atoms with Crippen molar-refractivity contribution in [2.24, 2.45) is 0 Å². The zero-order valence-electron chi connectivity index (χ0n) is 20.7. The molecule has 2 aliphatic rings. The van der Waals surface area contributed by atoms with Gasteiger partial charge in [-0.15, -0.1) is 0 Å². The molecule has 2 aromatic carbocycles. The zero-order chi connectivity index (χ0) is 25.8. The fourth-order valence-corrected chi connectivity index (χ4v) is 5.22. The smallest absolute Gasteiger partial charge is 0.270 e. The summed E-state index contributed by atoms with van der Waals surface area (Å²) in [5, 5.41) is 4.64. The van der Waals surface area contributed by atoms with Crippen LogP contribution >= 0.6 is 23.2 Å². The summed E-state index contributed by atoms with van der Waals surface area (Å²) in [6, 6.07) is 19.7. The van der Waals surface area contributed by atoms with Gasteiger partial charge in [-0.25, -0.2) is 0 Å². The Balaban J connectivity index is 1.10. The van der Waals surface area contributed by atoms with Crippen LogP contribution < -0.4 is 10.2 Å². The number of piperazine rings is 1. The lowest BCUT2D eigenvalue weighted by molar-refractivity contribution is 0.0932. The Kier molecular flexibility index (Phi) is 7.99. The van der Waals surface area contributed by atoms with Gasteiger partial charge in [0.2, 0.25) is 0 Å². The molecule has 2 aliphatic heterocycles. The molecule has 0 aliphatic carbocycles. The highest BCUT2D eigenvalue weighted by molar-refractivity contribution is 6.30. The maximum absolute atomic E-state index is 12.8. The van der Waals surface area contributed by atoms with Crippen molar-refractivity contribution in [3.05, 3.63) is 100 Å². The van der Waals surface area contributed by atoms with Crippen molar-refractivity contribution in [3.8, 4) is 0 Å². The van der Waals surface area contributed by atoms with E-state index in [-0.39, 0.29) is 11.9 Å². The van der Waals surface area contributed by atoms with Crippen LogP contribution in [0.15, 0.2) is 73.4 Å². The first-order valence-corrected chi connectivity index (χ1v) is 13.4. The van der Waals surface area contributed by atoms with Crippen LogP contribution in [0, 0.1) is 0 Å². The van der Waals surface area contributed by atoms with E-state index in [1.165, 1.54) is 11.3 Å². The molecule has 1 aromatic heterocycles. The van der Waals surface area contributed by atoms with E-state index >= 15 is 0 Å². The predicted octanol–water partition coefficient (Wildman–Crippen LogP) is 5.19. The van der Waals surface area contributed by atoms with Gasteiger partial charge in [-0.2, -0.15) is 0 Å². The normalized spacial score (nSPS) is 18.2. The molecule has 1 unspecified atom stereocenters. The largest absolute Gasteiger partial charge is 0.368 e. The topological polar surface area (TPSA) is 51.7 Å². The van der Waals surface area contributed by atoms with Crippen LogP contribution in [0.3, 0.4) is 0 Å². The summed E-state index contributed by atoms with van der Waals surface area (Å²) in [5.74, 6) is -0.132. The lowest BCUT2D eigenvalue weighted by Gasteiger charge is -2.38. The molecule has 0 bridgehead atoms. The Morgan fingerprint density at radius 3 is 2.24 bits per heavy atom. The average Bonchev–Trinajstić information content (AvgIpc) is 3.36. The number of rotatable bonds is 7. The van der Waals surface area contributed by atoms with Gasteiger partial charge in [-0.05, 0) is 60.5 Å². The summed E-state index contributed by atoms with van der Waals surface area (Å²) >= 11 is 12.0. The van der Waals surface area contributed by atoms with Crippen LogP contribution in [0.1, 0.15) is 28.0 Å². The molecule has 2 fully saturated rings. The van der Waals surface area contributed by atoms with Gasteiger partial charge in [0.25, 0.3) is 5.91 Å². The van der Waals surface area contributed by atoms with Crippen molar-refractivity contribution in [3.63, 3.8) is 0 Å². The van der Waals surface area contributed by atoms with Crippen LogP contribution in [0.4, 0.5) is 5.69 Å². The summed E-state index contributed by atoms with van der Waals surface area (Å²) < 4.78 is 0. The first-order valence-electron chi connectivity index (χ1n) is 12.6. The lowest BCUT2D eigenvalue weighted by atomic mass is 10.1. The minimum absolute atomic E-state index is 0.119. The highest BCUT2D eigenvalue weighted by atomic mass is 35.5. The standard InChI is InChI=1S/C29H31Cl2N5O/c1-21(35-14-16-36(17-15-35)27-9-7-25(31)8-10-27)23-4-11-28(32-18-23)29(37)33-26-12-13-34(20-26)19-22-2-5-24(30)6-3-22/h2-11,18,26H,1,12-17,19-20H2,(H,33,37). The average molecular weight is 537 g/mol. The number of benzene rings is 2. The minimum atomic E-state index is -0.132. The number of pyridine rings is 1. The Morgan fingerprint density at radius 2 is 1.59 bits per heavy atom. The van der Waals surface area contributed by atoms with E-state index in [2.05, 4.69) is 43.7 Å². The van der Waals surface area contributed by atoms with E-state index in [1.54, 1.807) is 12.3 Å². The monoisotopic (exact) mass is 535 g/mol. The Morgan fingerprint density at radius 1 is 0.919 bits per heavy atom. The first kappa shape index (κ1) is 25.6. The van der Waals surface area contributed by atoms with Gasteiger partial charge in [0, 0.05) is 85.0 Å².